The van der Waals surface area contributed by atoms with Crippen LogP contribution >= 0.6 is 0 Å². The van der Waals surface area contributed by atoms with Crippen molar-refractivity contribution in [2.24, 2.45) is 16.7 Å². The van der Waals surface area contributed by atoms with Crippen molar-refractivity contribution in [3.05, 3.63) is 18.2 Å². The van der Waals surface area contributed by atoms with E-state index in [1.807, 2.05) is 12.4 Å². The number of rotatable bonds is 4. The molecule has 19 heavy (non-hydrogen) atoms. The van der Waals surface area contributed by atoms with Gasteiger partial charge >= 0.3 is 0 Å². The van der Waals surface area contributed by atoms with E-state index in [4.69, 9.17) is 0 Å². The molecule has 3 rings (SSSR count). The lowest BCUT2D eigenvalue weighted by Gasteiger charge is -2.40. The quantitative estimate of drug-likeness (QED) is 0.868. The Bertz CT molecular complexity index is 437. The minimum absolute atomic E-state index is 0.368. The van der Waals surface area contributed by atoms with Crippen LogP contribution in [0.1, 0.15) is 65.2 Å². The van der Waals surface area contributed by atoms with Crippen molar-refractivity contribution in [2.75, 3.05) is 0 Å². The average Bonchev–Trinajstić information content (AvgIpc) is 3.01. The van der Waals surface area contributed by atoms with Gasteiger partial charge in [-0.2, -0.15) is 0 Å². The van der Waals surface area contributed by atoms with E-state index in [-0.39, 0.29) is 0 Å². The highest BCUT2D eigenvalue weighted by molar-refractivity contribution is 5.14. The largest absolute Gasteiger partial charge is 0.347 e. The predicted octanol–water partition coefficient (Wildman–Crippen LogP) is 3.67. The second-order valence-electron chi connectivity index (χ2n) is 7.26. The van der Waals surface area contributed by atoms with Crippen LogP contribution in [-0.4, -0.2) is 16.0 Å². The predicted molar refractivity (Wildman–Crippen MR) is 77.8 cm³/mol. The lowest BCUT2D eigenvalue weighted by molar-refractivity contribution is 0.114. The van der Waals surface area contributed by atoms with E-state index in [0.29, 0.717) is 22.9 Å². The number of aromatic nitrogens is 2. The molecular weight excluding hydrogens is 234 g/mol. The van der Waals surface area contributed by atoms with Crippen molar-refractivity contribution in [3.8, 4) is 0 Å². The van der Waals surface area contributed by atoms with Gasteiger partial charge in [0.05, 0.1) is 6.04 Å². The van der Waals surface area contributed by atoms with Crippen molar-refractivity contribution < 1.29 is 0 Å². The zero-order valence-electron chi connectivity index (χ0n) is 12.7. The SMILES string of the molecule is CCC(NC1CC2CCC1(C)C2(C)C)c1ncc[nH]1. The van der Waals surface area contributed by atoms with Crippen LogP contribution in [0.5, 0.6) is 0 Å². The van der Waals surface area contributed by atoms with Gasteiger partial charge in [0.15, 0.2) is 0 Å². The topological polar surface area (TPSA) is 40.7 Å². The Morgan fingerprint density at radius 1 is 1.47 bits per heavy atom. The third-order valence-electron chi connectivity index (χ3n) is 6.45. The van der Waals surface area contributed by atoms with Crippen LogP contribution in [0.3, 0.4) is 0 Å². The van der Waals surface area contributed by atoms with E-state index in [1.165, 1.54) is 19.3 Å². The second-order valence-corrected chi connectivity index (χ2v) is 7.26. The number of imidazole rings is 1. The number of hydrogen-bond donors (Lipinski definition) is 2. The Balaban J connectivity index is 1.78. The highest BCUT2D eigenvalue weighted by Crippen LogP contribution is 2.65. The van der Waals surface area contributed by atoms with Crippen LogP contribution in [0, 0.1) is 16.7 Å². The Morgan fingerprint density at radius 2 is 2.26 bits per heavy atom. The van der Waals surface area contributed by atoms with Crippen LogP contribution in [0.2, 0.25) is 0 Å². The van der Waals surface area contributed by atoms with Crippen molar-refractivity contribution in [3.63, 3.8) is 0 Å². The molecule has 4 atom stereocenters. The highest BCUT2D eigenvalue weighted by Gasteiger charge is 2.61. The van der Waals surface area contributed by atoms with Gasteiger partial charge in [0, 0.05) is 18.4 Å². The summed E-state index contributed by atoms with van der Waals surface area (Å²) in [6, 6.07) is 1.00. The third-order valence-corrected chi connectivity index (χ3v) is 6.45. The molecule has 2 N–H and O–H groups in total. The number of fused-ring (bicyclic) bond motifs is 2. The van der Waals surface area contributed by atoms with Crippen LogP contribution in [-0.2, 0) is 0 Å². The molecule has 3 nitrogen and oxygen atoms in total. The fourth-order valence-corrected chi connectivity index (χ4v) is 4.56. The fourth-order valence-electron chi connectivity index (χ4n) is 4.56. The van der Waals surface area contributed by atoms with Crippen LogP contribution < -0.4 is 5.32 Å². The number of H-pyrrole nitrogens is 1. The first-order valence-corrected chi connectivity index (χ1v) is 7.74. The molecule has 2 fully saturated rings. The second kappa shape index (κ2) is 4.34. The Kier molecular flexibility index (Phi) is 3.01. The fraction of sp³-hybridized carbons (Fsp3) is 0.812. The van der Waals surface area contributed by atoms with Gasteiger partial charge in [-0.15, -0.1) is 0 Å². The summed E-state index contributed by atoms with van der Waals surface area (Å²) in [7, 11) is 0. The van der Waals surface area contributed by atoms with Crippen molar-refractivity contribution in [2.45, 2.75) is 65.5 Å². The molecule has 0 aromatic carbocycles. The first kappa shape index (κ1) is 13.2. The summed E-state index contributed by atoms with van der Waals surface area (Å²) in [4.78, 5) is 7.70. The number of nitrogens with one attached hydrogen (secondary N) is 2. The van der Waals surface area contributed by atoms with Gasteiger partial charge < -0.3 is 10.3 Å². The molecule has 0 spiro atoms. The smallest absolute Gasteiger partial charge is 0.123 e. The maximum absolute atomic E-state index is 4.43. The Hall–Kier alpha value is -0.830. The van der Waals surface area contributed by atoms with Gasteiger partial charge in [0.1, 0.15) is 5.82 Å². The van der Waals surface area contributed by atoms with Gasteiger partial charge in [-0.1, -0.05) is 27.7 Å². The minimum atomic E-state index is 0.368. The van der Waals surface area contributed by atoms with E-state index in [0.717, 1.165) is 18.2 Å². The zero-order valence-corrected chi connectivity index (χ0v) is 12.7. The molecule has 0 radical (unpaired) electrons. The third kappa shape index (κ3) is 1.78. The van der Waals surface area contributed by atoms with E-state index >= 15 is 0 Å². The lowest BCUT2D eigenvalue weighted by atomic mass is 9.69. The van der Waals surface area contributed by atoms with Gasteiger partial charge in [-0.05, 0) is 42.4 Å². The maximum atomic E-state index is 4.43. The first-order chi connectivity index (χ1) is 8.99. The molecule has 106 valence electrons. The van der Waals surface area contributed by atoms with E-state index in [9.17, 15) is 0 Å². The first-order valence-electron chi connectivity index (χ1n) is 7.74. The summed E-state index contributed by atoms with van der Waals surface area (Å²) < 4.78 is 0. The summed E-state index contributed by atoms with van der Waals surface area (Å²) in [5, 5.41) is 3.90. The van der Waals surface area contributed by atoms with Crippen molar-refractivity contribution in [1.29, 1.82) is 0 Å². The standard InChI is InChI=1S/C16H27N3/c1-5-12(14-17-8-9-18-14)19-13-10-11-6-7-16(13,4)15(11,2)3/h8-9,11-13,19H,5-7,10H2,1-4H3,(H,17,18). The molecular formula is C16H27N3. The number of aromatic amines is 1. The molecule has 1 heterocycles. The zero-order chi connectivity index (χ0) is 13.7. The van der Waals surface area contributed by atoms with E-state index < -0.39 is 0 Å². The molecule has 2 aliphatic carbocycles. The molecule has 0 amide bonds. The van der Waals surface area contributed by atoms with Crippen LogP contribution in [0.15, 0.2) is 12.4 Å². The monoisotopic (exact) mass is 261 g/mol. The highest BCUT2D eigenvalue weighted by atomic mass is 15.1. The molecule has 1 aromatic rings. The average molecular weight is 261 g/mol. The minimum Gasteiger partial charge on any atom is -0.347 e. The molecule has 0 saturated heterocycles. The lowest BCUT2D eigenvalue weighted by Crippen LogP contribution is -2.45. The van der Waals surface area contributed by atoms with Gasteiger partial charge in [0.2, 0.25) is 0 Å². The number of nitrogens with zero attached hydrogens (tertiary/aromatic N) is 1. The van der Waals surface area contributed by atoms with Crippen LogP contribution in [0.25, 0.3) is 0 Å². The molecule has 2 saturated carbocycles. The molecule has 0 aliphatic heterocycles. The summed E-state index contributed by atoms with van der Waals surface area (Å²) in [5.74, 6) is 1.98. The van der Waals surface area contributed by atoms with Crippen molar-refractivity contribution >= 4 is 0 Å². The van der Waals surface area contributed by atoms with E-state index in [1.54, 1.807) is 0 Å². The summed E-state index contributed by atoms with van der Waals surface area (Å²) in [5.41, 5.74) is 0.920. The van der Waals surface area contributed by atoms with E-state index in [2.05, 4.69) is 43.0 Å². The summed E-state index contributed by atoms with van der Waals surface area (Å²) in [6.07, 6.45) is 8.99. The number of hydrogen-bond acceptors (Lipinski definition) is 2. The van der Waals surface area contributed by atoms with Gasteiger partial charge in [-0.25, -0.2) is 4.98 Å². The van der Waals surface area contributed by atoms with Crippen molar-refractivity contribution in [1.82, 2.24) is 15.3 Å². The Labute approximate surface area is 116 Å². The Morgan fingerprint density at radius 3 is 2.74 bits per heavy atom. The molecule has 2 aliphatic rings. The maximum Gasteiger partial charge on any atom is 0.123 e. The van der Waals surface area contributed by atoms with Gasteiger partial charge in [0.25, 0.3) is 0 Å². The normalized spacial score (nSPS) is 37.7. The van der Waals surface area contributed by atoms with Crippen LogP contribution in [0.4, 0.5) is 0 Å². The molecule has 2 bridgehead atoms. The molecule has 3 heteroatoms. The summed E-state index contributed by atoms with van der Waals surface area (Å²) in [6.45, 7) is 9.67. The van der Waals surface area contributed by atoms with Gasteiger partial charge in [-0.3, -0.25) is 0 Å². The molecule has 4 unspecified atom stereocenters. The summed E-state index contributed by atoms with van der Waals surface area (Å²) >= 11 is 0. The molecule has 1 aromatic heterocycles.